The second-order valence-corrected chi connectivity index (χ2v) is 6.89. The zero-order valence-electron chi connectivity index (χ0n) is 10.6. The van der Waals surface area contributed by atoms with Crippen LogP contribution in [0.2, 0.25) is 0 Å². The number of hydrogen-bond acceptors (Lipinski definition) is 1. The van der Waals surface area contributed by atoms with Crippen molar-refractivity contribution in [2.24, 2.45) is 0 Å². The molecule has 18 heavy (non-hydrogen) atoms. The summed E-state index contributed by atoms with van der Waals surface area (Å²) >= 11 is 0.444. The van der Waals surface area contributed by atoms with Crippen LogP contribution in [0.15, 0.2) is 42.5 Å². The Bertz CT molecular complexity index is 563. The molecule has 1 aliphatic rings. The minimum absolute atomic E-state index is 0.444. The van der Waals surface area contributed by atoms with Crippen LogP contribution in [0.1, 0.15) is 25.3 Å². The summed E-state index contributed by atoms with van der Waals surface area (Å²) in [5, 5.41) is 3.63. The van der Waals surface area contributed by atoms with Crippen molar-refractivity contribution in [3.8, 4) is 0 Å². The van der Waals surface area contributed by atoms with Gasteiger partial charge in [-0.15, -0.1) is 0 Å². The van der Waals surface area contributed by atoms with E-state index in [2.05, 4.69) is 54.7 Å². The van der Waals surface area contributed by atoms with E-state index in [1.807, 2.05) is 0 Å². The molecule has 0 fully saturated rings. The Balaban J connectivity index is 1.97. The van der Waals surface area contributed by atoms with Crippen LogP contribution in [0.4, 0.5) is 11.4 Å². The molecule has 0 aromatic heterocycles. The van der Waals surface area contributed by atoms with Crippen molar-refractivity contribution in [3.05, 3.63) is 48.0 Å². The molecule has 1 heterocycles. The first-order chi connectivity index (χ1) is 8.88. The Labute approximate surface area is 115 Å². The van der Waals surface area contributed by atoms with E-state index < -0.39 is 0 Å². The second kappa shape index (κ2) is 5.17. The molecule has 3 rings (SSSR count). The molecule has 0 aliphatic carbocycles. The van der Waals surface area contributed by atoms with Gasteiger partial charge >= 0.3 is 115 Å². The number of nitrogens with one attached hydrogen (secondary N) is 1. The first-order valence-corrected chi connectivity index (χ1v) is 8.25. The number of unbranched alkanes of at least 4 members (excludes halogenated alkanes) is 1. The molecular formula is C16H17NSe. The molecule has 0 spiro atoms. The zero-order valence-corrected chi connectivity index (χ0v) is 12.3. The van der Waals surface area contributed by atoms with Crippen LogP contribution in [0.3, 0.4) is 0 Å². The van der Waals surface area contributed by atoms with E-state index in [4.69, 9.17) is 0 Å². The van der Waals surface area contributed by atoms with Crippen molar-refractivity contribution >= 4 is 35.3 Å². The fourth-order valence-corrected chi connectivity index (χ4v) is 4.48. The van der Waals surface area contributed by atoms with Crippen LogP contribution < -0.4 is 14.2 Å². The van der Waals surface area contributed by atoms with E-state index in [1.54, 1.807) is 0 Å². The van der Waals surface area contributed by atoms with Gasteiger partial charge in [0.15, 0.2) is 0 Å². The zero-order chi connectivity index (χ0) is 12.4. The quantitative estimate of drug-likeness (QED) is 0.734. The van der Waals surface area contributed by atoms with E-state index >= 15 is 0 Å². The molecule has 1 N–H and O–H groups in total. The number of benzene rings is 2. The molecule has 1 nitrogen and oxygen atoms in total. The maximum atomic E-state index is 3.63. The van der Waals surface area contributed by atoms with E-state index in [9.17, 15) is 0 Å². The Kier molecular flexibility index (Phi) is 3.40. The van der Waals surface area contributed by atoms with Gasteiger partial charge in [-0.3, -0.25) is 0 Å². The average molecular weight is 302 g/mol. The first-order valence-electron chi connectivity index (χ1n) is 6.54. The molecule has 2 aromatic rings. The molecule has 1 aliphatic heterocycles. The summed E-state index contributed by atoms with van der Waals surface area (Å²) in [6.45, 7) is 2.25. The molecule has 92 valence electrons. The van der Waals surface area contributed by atoms with E-state index in [-0.39, 0.29) is 0 Å². The van der Waals surface area contributed by atoms with Crippen molar-refractivity contribution in [1.82, 2.24) is 0 Å². The van der Waals surface area contributed by atoms with Gasteiger partial charge in [0.25, 0.3) is 0 Å². The van der Waals surface area contributed by atoms with Gasteiger partial charge in [0.1, 0.15) is 0 Å². The first kappa shape index (κ1) is 11.8. The molecule has 0 atom stereocenters. The van der Waals surface area contributed by atoms with Crippen LogP contribution in [0.25, 0.3) is 0 Å². The van der Waals surface area contributed by atoms with Crippen LogP contribution in [-0.4, -0.2) is 15.0 Å². The molecule has 0 amide bonds. The predicted octanol–water partition coefficient (Wildman–Crippen LogP) is 2.74. The number of hydrogen-bond donors (Lipinski definition) is 1. The molecule has 0 bridgehead atoms. The Morgan fingerprint density at radius 3 is 2.72 bits per heavy atom. The van der Waals surface area contributed by atoms with Gasteiger partial charge < -0.3 is 0 Å². The molecule has 0 saturated heterocycles. The number of aryl methyl sites for hydroxylation is 1. The van der Waals surface area contributed by atoms with Gasteiger partial charge in [-0.2, -0.15) is 0 Å². The normalized spacial score (nSPS) is 12.5. The fraction of sp³-hybridized carbons (Fsp3) is 0.250. The van der Waals surface area contributed by atoms with Crippen molar-refractivity contribution in [3.63, 3.8) is 0 Å². The number of fused-ring (bicyclic) bond motifs is 2. The average Bonchev–Trinajstić information content (AvgIpc) is 2.43. The third-order valence-corrected chi connectivity index (χ3v) is 5.66. The minimum atomic E-state index is 0.444. The second-order valence-electron chi connectivity index (χ2n) is 4.62. The molecule has 2 aromatic carbocycles. The van der Waals surface area contributed by atoms with E-state index in [0.29, 0.717) is 15.0 Å². The van der Waals surface area contributed by atoms with Gasteiger partial charge in [-0.05, 0) is 0 Å². The van der Waals surface area contributed by atoms with Gasteiger partial charge in [-0.1, -0.05) is 0 Å². The standard InChI is InChI=1S/C16H17NSe/c1-2-3-7-12-8-6-11-15-16(12)17-13-9-4-5-10-14(13)18-15/h4-6,8-11,17H,2-3,7H2,1H3. The van der Waals surface area contributed by atoms with Crippen LogP contribution in [-0.2, 0) is 6.42 Å². The predicted molar refractivity (Wildman–Crippen MR) is 79.8 cm³/mol. The Morgan fingerprint density at radius 2 is 1.83 bits per heavy atom. The van der Waals surface area contributed by atoms with E-state index in [1.165, 1.54) is 45.1 Å². The number of para-hydroxylation sites is 2. The summed E-state index contributed by atoms with van der Waals surface area (Å²) < 4.78 is 2.96. The summed E-state index contributed by atoms with van der Waals surface area (Å²) in [4.78, 5) is 0. The van der Waals surface area contributed by atoms with Crippen molar-refractivity contribution in [2.75, 3.05) is 5.32 Å². The Morgan fingerprint density at radius 1 is 1.00 bits per heavy atom. The van der Waals surface area contributed by atoms with Crippen LogP contribution in [0, 0.1) is 0 Å². The monoisotopic (exact) mass is 303 g/mol. The van der Waals surface area contributed by atoms with E-state index in [0.717, 1.165) is 0 Å². The van der Waals surface area contributed by atoms with Gasteiger partial charge in [-0.25, -0.2) is 0 Å². The van der Waals surface area contributed by atoms with Crippen molar-refractivity contribution < 1.29 is 0 Å². The summed E-state index contributed by atoms with van der Waals surface area (Å²) in [5.41, 5.74) is 4.16. The van der Waals surface area contributed by atoms with Crippen LogP contribution >= 0.6 is 0 Å². The third kappa shape index (κ3) is 2.19. The molecular weight excluding hydrogens is 285 g/mol. The van der Waals surface area contributed by atoms with Gasteiger partial charge in [0.2, 0.25) is 0 Å². The maximum absolute atomic E-state index is 3.63. The summed E-state index contributed by atoms with van der Waals surface area (Å²) in [6, 6.07) is 15.4. The fourth-order valence-electron chi connectivity index (χ4n) is 2.29. The van der Waals surface area contributed by atoms with Crippen molar-refractivity contribution in [2.45, 2.75) is 26.2 Å². The molecule has 0 unspecified atom stereocenters. The summed E-state index contributed by atoms with van der Waals surface area (Å²) in [5.74, 6) is 0. The summed E-state index contributed by atoms with van der Waals surface area (Å²) in [6.07, 6.45) is 3.71. The van der Waals surface area contributed by atoms with Crippen molar-refractivity contribution in [1.29, 1.82) is 0 Å². The molecule has 0 radical (unpaired) electrons. The number of rotatable bonds is 3. The van der Waals surface area contributed by atoms with Gasteiger partial charge in [0, 0.05) is 0 Å². The molecule has 2 heteroatoms. The Hall–Kier alpha value is -1.24. The van der Waals surface area contributed by atoms with Crippen LogP contribution in [0.5, 0.6) is 0 Å². The third-order valence-electron chi connectivity index (χ3n) is 3.28. The van der Waals surface area contributed by atoms with Gasteiger partial charge in [0.05, 0.1) is 0 Å². The number of anilines is 2. The molecule has 0 saturated carbocycles. The summed E-state index contributed by atoms with van der Waals surface area (Å²) in [7, 11) is 0. The topological polar surface area (TPSA) is 12.0 Å². The SMILES string of the molecule is CCCCc1cccc2c1Nc1ccccc1[Se]2.